The molecule has 0 amide bonds. The van der Waals surface area contributed by atoms with E-state index in [0.29, 0.717) is 12.2 Å². The van der Waals surface area contributed by atoms with E-state index in [9.17, 15) is 4.79 Å². The second kappa shape index (κ2) is 7.02. The minimum absolute atomic E-state index is 0.246. The van der Waals surface area contributed by atoms with E-state index < -0.39 is 0 Å². The maximum atomic E-state index is 11.7. The van der Waals surface area contributed by atoms with Crippen LogP contribution in [0.25, 0.3) is 11.3 Å². The smallest absolute Gasteiger partial charge is 0.338 e. The lowest BCUT2D eigenvalue weighted by Crippen LogP contribution is -2.36. The zero-order valence-electron chi connectivity index (χ0n) is 14.6. The molecule has 25 heavy (non-hydrogen) atoms. The molecule has 1 atom stereocenters. The highest BCUT2D eigenvalue weighted by molar-refractivity contribution is 5.94. The molecule has 5 heteroatoms. The van der Waals surface area contributed by atoms with Gasteiger partial charge in [-0.05, 0) is 57.1 Å². The van der Waals surface area contributed by atoms with Gasteiger partial charge in [-0.2, -0.15) is 0 Å². The van der Waals surface area contributed by atoms with Gasteiger partial charge < -0.3 is 14.5 Å². The summed E-state index contributed by atoms with van der Waals surface area (Å²) >= 11 is 0. The van der Waals surface area contributed by atoms with Gasteiger partial charge in [-0.3, -0.25) is 4.90 Å². The Morgan fingerprint density at radius 2 is 2.20 bits per heavy atom. The van der Waals surface area contributed by atoms with Gasteiger partial charge in [-0.25, -0.2) is 4.79 Å². The average molecular weight is 340 g/mol. The molecule has 0 radical (unpaired) electrons. The number of nitrogens with zero attached hydrogens (tertiary/aromatic N) is 1. The summed E-state index contributed by atoms with van der Waals surface area (Å²) in [6, 6.07) is 9.80. The molecule has 0 aliphatic carbocycles. The monoisotopic (exact) mass is 340 g/mol. The summed E-state index contributed by atoms with van der Waals surface area (Å²) in [5.74, 6) is 2.22. The summed E-state index contributed by atoms with van der Waals surface area (Å²) < 4.78 is 11.1. The lowest BCUT2D eigenvalue weighted by atomic mass is 9.99. The van der Waals surface area contributed by atoms with Crippen LogP contribution < -0.4 is 5.32 Å². The van der Waals surface area contributed by atoms with Crippen LogP contribution in [0.3, 0.4) is 0 Å². The van der Waals surface area contributed by atoms with Crippen LogP contribution in [-0.4, -0.2) is 37.6 Å². The third-order valence-electron chi connectivity index (χ3n) is 5.03. The van der Waals surface area contributed by atoms with Gasteiger partial charge in [0, 0.05) is 17.7 Å². The molecule has 4 rings (SSSR count). The zero-order valence-corrected chi connectivity index (χ0v) is 14.6. The van der Waals surface area contributed by atoms with Crippen LogP contribution in [0.5, 0.6) is 0 Å². The molecule has 3 heterocycles. The highest BCUT2D eigenvalue weighted by Gasteiger charge is 2.22. The maximum absolute atomic E-state index is 11.7. The first-order valence-corrected chi connectivity index (χ1v) is 8.97. The molecule has 0 bridgehead atoms. The Kier molecular flexibility index (Phi) is 4.59. The fourth-order valence-corrected chi connectivity index (χ4v) is 3.74. The minimum Gasteiger partial charge on any atom is -0.460 e. The minimum atomic E-state index is -0.246. The summed E-state index contributed by atoms with van der Waals surface area (Å²) in [5, 5.41) is 3.47. The molecule has 2 aliphatic rings. The molecule has 1 unspecified atom stereocenters. The highest BCUT2D eigenvalue weighted by atomic mass is 16.5. The third-order valence-corrected chi connectivity index (χ3v) is 5.03. The van der Waals surface area contributed by atoms with E-state index in [2.05, 4.69) is 17.3 Å². The molecule has 1 fully saturated rings. The highest BCUT2D eigenvalue weighted by Crippen LogP contribution is 2.28. The Balaban J connectivity index is 1.42. The van der Waals surface area contributed by atoms with Gasteiger partial charge in [0.05, 0.1) is 12.1 Å². The molecule has 132 valence electrons. The fraction of sp³-hybridized carbons (Fsp3) is 0.450. The number of fused-ring (bicyclic) bond motifs is 1. The topological polar surface area (TPSA) is 54.7 Å². The molecule has 1 aromatic heterocycles. The normalized spacial score (nSPS) is 19.9. The van der Waals surface area contributed by atoms with E-state index in [1.54, 1.807) is 0 Å². The van der Waals surface area contributed by atoms with Gasteiger partial charge >= 0.3 is 5.97 Å². The van der Waals surface area contributed by atoms with Crippen molar-refractivity contribution in [3.8, 4) is 11.3 Å². The van der Waals surface area contributed by atoms with Crippen LogP contribution in [-0.2, 0) is 17.9 Å². The van der Waals surface area contributed by atoms with E-state index in [1.165, 1.54) is 12.8 Å². The number of nitrogens with one attached hydrogen (secondary N) is 1. The molecule has 0 spiro atoms. The predicted molar refractivity (Wildman–Crippen MR) is 95.2 cm³/mol. The summed E-state index contributed by atoms with van der Waals surface area (Å²) in [6.07, 6.45) is 2.57. The van der Waals surface area contributed by atoms with Crippen molar-refractivity contribution in [1.29, 1.82) is 0 Å². The van der Waals surface area contributed by atoms with Crippen LogP contribution in [0, 0.1) is 5.92 Å². The summed E-state index contributed by atoms with van der Waals surface area (Å²) in [7, 11) is 2.14. The number of furan rings is 1. The van der Waals surface area contributed by atoms with Gasteiger partial charge in [-0.1, -0.05) is 12.1 Å². The molecule has 1 saturated heterocycles. The van der Waals surface area contributed by atoms with Crippen LogP contribution in [0.4, 0.5) is 0 Å². The van der Waals surface area contributed by atoms with E-state index in [4.69, 9.17) is 9.15 Å². The lowest BCUT2D eigenvalue weighted by Gasteiger charge is -2.27. The van der Waals surface area contributed by atoms with Gasteiger partial charge in [-0.15, -0.1) is 0 Å². The Labute approximate surface area is 148 Å². The van der Waals surface area contributed by atoms with E-state index in [-0.39, 0.29) is 5.97 Å². The first-order valence-electron chi connectivity index (χ1n) is 8.97. The van der Waals surface area contributed by atoms with E-state index >= 15 is 0 Å². The molecule has 5 nitrogen and oxygen atoms in total. The number of ether oxygens (including phenoxy) is 1. The number of hydrogen-bond donors (Lipinski definition) is 1. The second-order valence-electron chi connectivity index (χ2n) is 7.12. The summed E-state index contributed by atoms with van der Waals surface area (Å²) in [4.78, 5) is 14.0. The Bertz CT molecular complexity index is 762. The van der Waals surface area contributed by atoms with Gasteiger partial charge in [0.25, 0.3) is 0 Å². The van der Waals surface area contributed by atoms with Crippen molar-refractivity contribution in [1.82, 2.24) is 10.2 Å². The number of piperidine rings is 1. The second-order valence-corrected chi connectivity index (χ2v) is 7.12. The predicted octanol–water partition coefficient (Wildman–Crippen LogP) is 3.05. The Morgan fingerprint density at radius 3 is 3.04 bits per heavy atom. The molecule has 1 aromatic carbocycles. The van der Waals surface area contributed by atoms with Gasteiger partial charge in [0.2, 0.25) is 0 Å². The fourth-order valence-electron chi connectivity index (χ4n) is 3.74. The Hall–Kier alpha value is -2.11. The molecule has 2 aromatic rings. The summed E-state index contributed by atoms with van der Waals surface area (Å²) in [5.41, 5.74) is 2.52. The number of cyclic esters (lactones) is 1. The number of benzene rings is 1. The standard InChI is InChI=1S/C20H24N2O3/c1-22(11-14-3-2-8-21-10-14)12-17-6-7-19(25-17)15-4-5-16-13-24-20(23)18(16)9-15/h4-7,9,14,21H,2-3,8,10-13H2,1H3. The first-order chi connectivity index (χ1) is 12.2. The Morgan fingerprint density at radius 1 is 1.28 bits per heavy atom. The number of carbonyl (C=O) groups excluding carboxylic acids is 1. The quantitative estimate of drug-likeness (QED) is 0.848. The number of carbonyl (C=O) groups is 1. The number of hydrogen-bond acceptors (Lipinski definition) is 5. The number of esters is 1. The molecular weight excluding hydrogens is 316 g/mol. The van der Waals surface area contributed by atoms with Crippen molar-refractivity contribution in [2.75, 3.05) is 26.7 Å². The summed E-state index contributed by atoms with van der Waals surface area (Å²) in [6.45, 7) is 4.50. The van der Waals surface area contributed by atoms with Crippen molar-refractivity contribution < 1.29 is 13.9 Å². The maximum Gasteiger partial charge on any atom is 0.338 e. The van der Waals surface area contributed by atoms with Crippen LogP contribution in [0.2, 0.25) is 0 Å². The van der Waals surface area contributed by atoms with Crippen molar-refractivity contribution in [2.45, 2.75) is 26.0 Å². The SMILES string of the molecule is CN(Cc1ccc(-c2ccc3c(c2)C(=O)OC3)o1)CC1CCCNC1. The lowest BCUT2D eigenvalue weighted by molar-refractivity contribution is 0.0535. The molecule has 0 saturated carbocycles. The average Bonchev–Trinajstić information content (AvgIpc) is 3.23. The van der Waals surface area contributed by atoms with E-state index in [1.807, 2.05) is 30.3 Å². The van der Waals surface area contributed by atoms with E-state index in [0.717, 1.165) is 54.7 Å². The van der Waals surface area contributed by atoms with Crippen LogP contribution in [0.1, 0.15) is 34.5 Å². The van der Waals surface area contributed by atoms with Crippen molar-refractivity contribution in [3.63, 3.8) is 0 Å². The molecular formula is C20H24N2O3. The van der Waals surface area contributed by atoms with Crippen molar-refractivity contribution >= 4 is 5.97 Å². The van der Waals surface area contributed by atoms with Gasteiger partial charge in [0.15, 0.2) is 0 Å². The van der Waals surface area contributed by atoms with Crippen molar-refractivity contribution in [2.24, 2.45) is 5.92 Å². The van der Waals surface area contributed by atoms with Crippen LogP contribution in [0.15, 0.2) is 34.7 Å². The molecule has 1 N–H and O–H groups in total. The van der Waals surface area contributed by atoms with Crippen LogP contribution >= 0.6 is 0 Å². The van der Waals surface area contributed by atoms with Gasteiger partial charge in [0.1, 0.15) is 18.1 Å². The van der Waals surface area contributed by atoms with Crippen molar-refractivity contribution in [3.05, 3.63) is 47.2 Å². The third kappa shape index (κ3) is 3.62. The molecule has 2 aliphatic heterocycles. The zero-order chi connectivity index (χ0) is 17.2. The number of rotatable bonds is 5. The first kappa shape index (κ1) is 16.4. The largest absolute Gasteiger partial charge is 0.460 e.